The van der Waals surface area contributed by atoms with Gasteiger partial charge in [0.15, 0.2) is 11.6 Å². The summed E-state index contributed by atoms with van der Waals surface area (Å²) in [5.74, 6) is 0.561. The Morgan fingerprint density at radius 1 is 1.09 bits per heavy atom. The van der Waals surface area contributed by atoms with E-state index < -0.39 is 37.1 Å². The van der Waals surface area contributed by atoms with E-state index >= 15 is 0 Å². The first kappa shape index (κ1) is 15.8. The molecule has 7 N–H and O–H groups in total. The molecule has 2 heterocycles. The molecule has 1 saturated heterocycles. The molecule has 1 aromatic carbocycles. The molecule has 0 amide bonds. The van der Waals surface area contributed by atoms with E-state index in [1.807, 2.05) is 0 Å². The fraction of sp³-hybridized carbons (Fsp3) is 0.429. The molecule has 0 spiro atoms. The molecule has 23 heavy (non-hydrogen) atoms. The van der Waals surface area contributed by atoms with Crippen molar-refractivity contribution in [2.45, 2.75) is 30.5 Å². The van der Waals surface area contributed by atoms with Gasteiger partial charge in [-0.15, -0.1) is 0 Å². The lowest BCUT2D eigenvalue weighted by molar-refractivity contribution is -0.233. The van der Waals surface area contributed by atoms with Crippen LogP contribution in [-0.4, -0.2) is 66.6 Å². The van der Waals surface area contributed by atoms with E-state index in [9.17, 15) is 20.4 Å². The number of hydrogen-bond acceptors (Lipinski definition) is 8. The number of anilines is 1. The number of nitrogens with one attached hydrogen (secondary N) is 1. The van der Waals surface area contributed by atoms with Crippen LogP contribution in [0, 0.1) is 0 Å². The van der Waals surface area contributed by atoms with Crippen molar-refractivity contribution < 1.29 is 25.2 Å². The minimum Gasteiger partial charge on any atom is -0.399 e. The molecule has 1 aliphatic rings. The van der Waals surface area contributed by atoms with E-state index in [1.165, 1.54) is 0 Å². The number of hydrogen-bond donors (Lipinski definition) is 6. The van der Waals surface area contributed by atoms with Gasteiger partial charge in [0, 0.05) is 11.3 Å². The molecule has 9 heteroatoms. The van der Waals surface area contributed by atoms with Crippen molar-refractivity contribution in [1.82, 2.24) is 15.2 Å². The number of aliphatic hydroxyl groups is 4. The molecular weight excluding hydrogens is 304 g/mol. The Morgan fingerprint density at radius 3 is 2.43 bits per heavy atom. The van der Waals surface area contributed by atoms with E-state index in [1.54, 1.807) is 24.3 Å². The Kier molecular flexibility index (Phi) is 4.28. The monoisotopic (exact) mass is 322 g/mol. The molecule has 3 rings (SSSR count). The smallest absolute Gasteiger partial charge is 0.181 e. The predicted octanol–water partition coefficient (Wildman–Crippen LogP) is -1.43. The first-order valence-corrected chi connectivity index (χ1v) is 7.10. The van der Waals surface area contributed by atoms with E-state index in [4.69, 9.17) is 10.5 Å². The second kappa shape index (κ2) is 6.22. The maximum Gasteiger partial charge on any atom is 0.181 e. The second-order valence-corrected chi connectivity index (χ2v) is 5.42. The van der Waals surface area contributed by atoms with Crippen LogP contribution >= 0.6 is 0 Å². The molecule has 124 valence electrons. The van der Waals surface area contributed by atoms with Crippen LogP contribution in [-0.2, 0) is 4.74 Å². The zero-order valence-electron chi connectivity index (χ0n) is 12.1. The minimum absolute atomic E-state index is 0.189. The quantitative estimate of drug-likeness (QED) is 0.375. The van der Waals surface area contributed by atoms with Crippen LogP contribution in [0.4, 0.5) is 5.69 Å². The van der Waals surface area contributed by atoms with Gasteiger partial charge in [-0.25, -0.2) is 4.98 Å². The van der Waals surface area contributed by atoms with Crippen molar-refractivity contribution in [2.75, 3.05) is 12.3 Å². The Morgan fingerprint density at radius 2 is 1.78 bits per heavy atom. The van der Waals surface area contributed by atoms with Gasteiger partial charge >= 0.3 is 0 Å². The summed E-state index contributed by atoms with van der Waals surface area (Å²) in [5.41, 5.74) is 6.95. The lowest BCUT2D eigenvalue weighted by Gasteiger charge is -2.38. The third kappa shape index (κ3) is 2.92. The molecule has 2 aromatic rings. The Bertz CT molecular complexity index is 659. The second-order valence-electron chi connectivity index (χ2n) is 5.42. The van der Waals surface area contributed by atoms with Crippen molar-refractivity contribution in [1.29, 1.82) is 0 Å². The van der Waals surface area contributed by atoms with Crippen LogP contribution in [0.2, 0.25) is 0 Å². The number of aromatic amines is 1. The number of H-pyrrole nitrogens is 1. The number of nitrogens with two attached hydrogens (primary N) is 1. The molecule has 9 nitrogen and oxygen atoms in total. The highest BCUT2D eigenvalue weighted by molar-refractivity contribution is 5.58. The highest BCUT2D eigenvalue weighted by Gasteiger charge is 2.45. The SMILES string of the molecule is Nc1ccc(-c2n[nH]c([C@@H]3OC(CO)[C@@H](O)C(O)[C@@H]3O)n2)cc1. The molecule has 0 aliphatic carbocycles. The van der Waals surface area contributed by atoms with E-state index in [-0.39, 0.29) is 5.82 Å². The normalized spacial score (nSPS) is 31.2. The van der Waals surface area contributed by atoms with Gasteiger partial charge in [-0.3, -0.25) is 5.10 Å². The summed E-state index contributed by atoms with van der Waals surface area (Å²) in [4.78, 5) is 4.25. The molecule has 1 fully saturated rings. The van der Waals surface area contributed by atoms with Crippen LogP contribution in [0.3, 0.4) is 0 Å². The predicted molar refractivity (Wildman–Crippen MR) is 79.0 cm³/mol. The van der Waals surface area contributed by atoms with Crippen LogP contribution in [0.15, 0.2) is 24.3 Å². The molecule has 0 saturated carbocycles. The number of nitrogen functional groups attached to an aromatic ring is 1. The summed E-state index contributed by atoms with van der Waals surface area (Å²) < 4.78 is 5.42. The highest BCUT2D eigenvalue weighted by Crippen LogP contribution is 2.31. The van der Waals surface area contributed by atoms with Gasteiger partial charge in [0.2, 0.25) is 0 Å². The van der Waals surface area contributed by atoms with E-state index in [0.717, 1.165) is 0 Å². The van der Waals surface area contributed by atoms with Gasteiger partial charge < -0.3 is 30.9 Å². The minimum atomic E-state index is -1.46. The Balaban J connectivity index is 1.85. The largest absolute Gasteiger partial charge is 0.399 e. The van der Waals surface area contributed by atoms with Crippen molar-refractivity contribution in [3.05, 3.63) is 30.1 Å². The van der Waals surface area contributed by atoms with Crippen molar-refractivity contribution >= 4 is 5.69 Å². The third-order valence-electron chi connectivity index (χ3n) is 3.83. The molecule has 5 atom stereocenters. The van der Waals surface area contributed by atoms with Gasteiger partial charge in [-0.1, -0.05) is 0 Å². The fourth-order valence-corrected chi connectivity index (χ4v) is 2.49. The lowest BCUT2D eigenvalue weighted by atomic mass is 9.95. The maximum atomic E-state index is 10.1. The zero-order valence-corrected chi connectivity index (χ0v) is 12.1. The van der Waals surface area contributed by atoms with Gasteiger partial charge in [-0.05, 0) is 24.3 Å². The summed E-state index contributed by atoms with van der Waals surface area (Å²) >= 11 is 0. The number of rotatable bonds is 3. The summed E-state index contributed by atoms with van der Waals surface area (Å²) in [6, 6.07) is 6.91. The van der Waals surface area contributed by atoms with E-state index in [0.29, 0.717) is 17.1 Å². The Labute approximate surface area is 131 Å². The molecule has 0 radical (unpaired) electrons. The average Bonchev–Trinajstić information content (AvgIpc) is 3.03. The van der Waals surface area contributed by atoms with Crippen molar-refractivity contribution in [3.63, 3.8) is 0 Å². The topological polar surface area (TPSA) is 158 Å². The van der Waals surface area contributed by atoms with Crippen molar-refractivity contribution in [3.8, 4) is 11.4 Å². The van der Waals surface area contributed by atoms with Crippen LogP contribution in [0.1, 0.15) is 11.9 Å². The van der Waals surface area contributed by atoms with Crippen LogP contribution in [0.5, 0.6) is 0 Å². The molecular formula is C14H18N4O5. The summed E-state index contributed by atoms with van der Waals surface area (Å²) in [6.45, 7) is -0.500. The number of aromatic nitrogens is 3. The summed E-state index contributed by atoms with van der Waals surface area (Å²) in [7, 11) is 0. The van der Waals surface area contributed by atoms with E-state index in [2.05, 4.69) is 15.2 Å². The number of nitrogens with zero attached hydrogens (tertiary/aromatic N) is 2. The first-order valence-electron chi connectivity index (χ1n) is 7.10. The number of ether oxygens (including phenoxy) is 1. The third-order valence-corrected chi connectivity index (χ3v) is 3.83. The lowest BCUT2D eigenvalue weighted by Crippen LogP contribution is -2.55. The Hall–Kier alpha value is -2.04. The van der Waals surface area contributed by atoms with Gasteiger partial charge in [0.1, 0.15) is 30.5 Å². The molecule has 2 unspecified atom stereocenters. The zero-order chi connectivity index (χ0) is 16.6. The van der Waals surface area contributed by atoms with Gasteiger partial charge in [-0.2, -0.15) is 5.10 Å². The highest BCUT2D eigenvalue weighted by atomic mass is 16.5. The van der Waals surface area contributed by atoms with Gasteiger partial charge in [0.05, 0.1) is 6.61 Å². The number of aliphatic hydroxyl groups excluding tert-OH is 4. The first-order chi connectivity index (χ1) is 11.0. The standard InChI is InChI=1S/C14H18N4O5/c15-7-3-1-6(2-4-7)13-16-14(18-17-13)12-11(22)10(21)9(20)8(5-19)23-12/h1-4,8-12,19-22H,5,15H2,(H,16,17,18)/t8?,9-,10?,11+,12-/m1/s1. The molecule has 0 bridgehead atoms. The fourth-order valence-electron chi connectivity index (χ4n) is 2.49. The van der Waals surface area contributed by atoms with Crippen LogP contribution < -0.4 is 5.73 Å². The van der Waals surface area contributed by atoms with Crippen LogP contribution in [0.25, 0.3) is 11.4 Å². The molecule has 1 aromatic heterocycles. The van der Waals surface area contributed by atoms with Gasteiger partial charge in [0.25, 0.3) is 0 Å². The average molecular weight is 322 g/mol. The molecule has 1 aliphatic heterocycles. The van der Waals surface area contributed by atoms with Crippen molar-refractivity contribution in [2.24, 2.45) is 0 Å². The maximum absolute atomic E-state index is 10.1. The number of benzene rings is 1. The summed E-state index contributed by atoms with van der Waals surface area (Å²) in [6.07, 6.45) is -6.31. The summed E-state index contributed by atoms with van der Waals surface area (Å²) in [5, 5.41) is 45.6.